The quantitative estimate of drug-likeness (QED) is 0.671. The second-order valence-electron chi connectivity index (χ2n) is 5.45. The van der Waals surface area contributed by atoms with Gasteiger partial charge >= 0.3 is 0 Å². The molecule has 0 aliphatic carbocycles. The van der Waals surface area contributed by atoms with Crippen molar-refractivity contribution in [1.29, 1.82) is 0 Å². The van der Waals surface area contributed by atoms with Gasteiger partial charge in [-0.05, 0) is 41.9 Å². The molecule has 0 unspecified atom stereocenters. The average Bonchev–Trinajstić information content (AvgIpc) is 2.14. The monoisotopic (exact) mass is 202 g/mol. The highest BCUT2D eigenvalue weighted by molar-refractivity contribution is 5.49. The van der Waals surface area contributed by atoms with E-state index >= 15 is 0 Å². The van der Waals surface area contributed by atoms with Gasteiger partial charge in [0.05, 0.1) is 0 Å². The summed E-state index contributed by atoms with van der Waals surface area (Å²) < 4.78 is 0. The van der Waals surface area contributed by atoms with Crippen molar-refractivity contribution in [3.63, 3.8) is 0 Å². The Morgan fingerprint density at radius 1 is 1.27 bits per heavy atom. The predicted octanol–water partition coefficient (Wildman–Crippen LogP) is 4.62. The fraction of sp³-hybridized carbons (Fsp3) is 0.467. The summed E-state index contributed by atoms with van der Waals surface area (Å²) in [6.07, 6.45) is 4.31. The van der Waals surface area contributed by atoms with Crippen LogP contribution in [-0.2, 0) is 6.42 Å². The Morgan fingerprint density at radius 3 is 2.40 bits per heavy atom. The van der Waals surface area contributed by atoms with Crippen molar-refractivity contribution in [2.45, 2.75) is 40.5 Å². The molecule has 0 fully saturated rings. The van der Waals surface area contributed by atoms with Gasteiger partial charge in [0.2, 0.25) is 0 Å². The van der Waals surface area contributed by atoms with Gasteiger partial charge in [-0.1, -0.05) is 51.6 Å². The van der Waals surface area contributed by atoms with Crippen molar-refractivity contribution in [3.05, 3.63) is 41.5 Å². The van der Waals surface area contributed by atoms with Gasteiger partial charge in [-0.2, -0.15) is 0 Å². The molecule has 1 rings (SSSR count). The lowest BCUT2D eigenvalue weighted by Crippen LogP contribution is -2.07. The lowest BCUT2D eigenvalue weighted by Gasteiger charge is -2.18. The molecule has 0 aliphatic heterocycles. The van der Waals surface area contributed by atoms with Gasteiger partial charge in [-0.3, -0.25) is 0 Å². The van der Waals surface area contributed by atoms with E-state index in [1.165, 1.54) is 29.5 Å². The van der Waals surface area contributed by atoms with Crippen LogP contribution in [0.4, 0.5) is 0 Å². The summed E-state index contributed by atoms with van der Waals surface area (Å²) in [5, 5.41) is 0. The van der Waals surface area contributed by atoms with Gasteiger partial charge in [-0.15, -0.1) is 0 Å². The molecule has 1 aromatic carbocycles. The summed E-state index contributed by atoms with van der Waals surface area (Å²) in [4.78, 5) is 0. The molecule has 0 heterocycles. The predicted molar refractivity (Wildman–Crippen MR) is 69.0 cm³/mol. The van der Waals surface area contributed by atoms with E-state index in [0.717, 1.165) is 0 Å². The third-order valence-electron chi connectivity index (χ3n) is 2.75. The highest BCUT2D eigenvalue weighted by Crippen LogP contribution is 2.23. The molecule has 0 bridgehead atoms. The minimum atomic E-state index is 0.420. The first kappa shape index (κ1) is 12.0. The molecule has 0 aliphatic rings. The molecular weight excluding hydrogens is 180 g/mol. The maximum atomic E-state index is 3.79. The first-order chi connectivity index (χ1) is 6.92. The Labute approximate surface area is 94.0 Å². The highest BCUT2D eigenvalue weighted by Gasteiger charge is 2.10. The van der Waals surface area contributed by atoms with E-state index in [1.54, 1.807) is 0 Å². The summed E-state index contributed by atoms with van der Waals surface area (Å²) in [5.41, 5.74) is 4.49. The van der Waals surface area contributed by atoms with Gasteiger partial charge in [0.25, 0.3) is 0 Å². The van der Waals surface area contributed by atoms with E-state index in [2.05, 4.69) is 52.5 Å². The van der Waals surface area contributed by atoms with Crippen LogP contribution < -0.4 is 0 Å². The smallest absolute Gasteiger partial charge is 0.0260 e. The zero-order chi connectivity index (χ0) is 11.5. The first-order valence-electron chi connectivity index (χ1n) is 5.64. The molecule has 0 heteroatoms. The zero-order valence-corrected chi connectivity index (χ0v) is 10.4. The third-order valence-corrected chi connectivity index (χ3v) is 2.75. The van der Waals surface area contributed by atoms with Crippen LogP contribution in [0.25, 0.3) is 6.08 Å². The molecule has 15 heavy (non-hydrogen) atoms. The molecular formula is C15H22. The van der Waals surface area contributed by atoms with E-state index in [9.17, 15) is 0 Å². The largest absolute Gasteiger partial charge is 0.0985 e. The SMILES string of the molecule is C=Cc1ccc(CCC(C)(C)C)c(C)c1. The van der Waals surface area contributed by atoms with E-state index in [4.69, 9.17) is 0 Å². The Bertz CT molecular complexity index is 340. The minimum Gasteiger partial charge on any atom is -0.0985 e. The van der Waals surface area contributed by atoms with Crippen molar-refractivity contribution in [2.24, 2.45) is 5.41 Å². The van der Waals surface area contributed by atoms with E-state index in [-0.39, 0.29) is 0 Å². The molecule has 0 nitrogen and oxygen atoms in total. The Kier molecular flexibility index (Phi) is 3.73. The van der Waals surface area contributed by atoms with Crippen LogP contribution in [0, 0.1) is 12.3 Å². The summed E-state index contributed by atoms with van der Waals surface area (Å²) in [6.45, 7) is 12.8. The van der Waals surface area contributed by atoms with E-state index in [0.29, 0.717) is 5.41 Å². The average molecular weight is 202 g/mol. The number of hydrogen-bond donors (Lipinski definition) is 0. The summed E-state index contributed by atoms with van der Waals surface area (Å²) in [5.74, 6) is 0. The van der Waals surface area contributed by atoms with Crippen LogP contribution in [0.15, 0.2) is 24.8 Å². The molecule has 82 valence electrons. The molecule has 0 aromatic heterocycles. The lowest BCUT2D eigenvalue weighted by molar-refractivity contribution is 0.378. The van der Waals surface area contributed by atoms with Gasteiger partial charge in [0.1, 0.15) is 0 Å². The Morgan fingerprint density at radius 2 is 1.93 bits per heavy atom. The molecule has 0 saturated heterocycles. The van der Waals surface area contributed by atoms with E-state index < -0.39 is 0 Å². The standard InChI is InChI=1S/C15H22/c1-6-13-7-8-14(12(2)11-13)9-10-15(3,4)5/h6-8,11H,1,9-10H2,2-5H3. The van der Waals surface area contributed by atoms with Crippen LogP contribution >= 0.6 is 0 Å². The van der Waals surface area contributed by atoms with Gasteiger partial charge < -0.3 is 0 Å². The molecule has 0 atom stereocenters. The Balaban J connectivity index is 2.74. The van der Waals surface area contributed by atoms with Gasteiger partial charge in [0, 0.05) is 0 Å². The number of benzene rings is 1. The van der Waals surface area contributed by atoms with Crippen molar-refractivity contribution in [1.82, 2.24) is 0 Å². The molecule has 0 radical (unpaired) electrons. The summed E-state index contributed by atoms with van der Waals surface area (Å²) in [7, 11) is 0. The lowest BCUT2D eigenvalue weighted by atomic mass is 9.87. The topological polar surface area (TPSA) is 0 Å². The van der Waals surface area contributed by atoms with Crippen LogP contribution in [0.2, 0.25) is 0 Å². The third kappa shape index (κ3) is 3.91. The minimum absolute atomic E-state index is 0.420. The molecule has 0 amide bonds. The normalized spacial score (nSPS) is 11.5. The number of aryl methyl sites for hydroxylation is 2. The molecule has 1 aromatic rings. The molecule has 0 spiro atoms. The number of hydrogen-bond acceptors (Lipinski definition) is 0. The fourth-order valence-corrected chi connectivity index (χ4v) is 1.64. The second-order valence-corrected chi connectivity index (χ2v) is 5.45. The van der Waals surface area contributed by atoms with Crippen molar-refractivity contribution >= 4 is 6.08 Å². The van der Waals surface area contributed by atoms with E-state index in [1.807, 2.05) is 6.08 Å². The van der Waals surface area contributed by atoms with Gasteiger partial charge in [0.15, 0.2) is 0 Å². The fourth-order valence-electron chi connectivity index (χ4n) is 1.64. The maximum absolute atomic E-state index is 3.79. The Hall–Kier alpha value is -1.04. The summed E-state index contributed by atoms with van der Waals surface area (Å²) in [6, 6.07) is 6.60. The van der Waals surface area contributed by atoms with Crippen molar-refractivity contribution < 1.29 is 0 Å². The molecule has 0 N–H and O–H groups in total. The van der Waals surface area contributed by atoms with Crippen LogP contribution in [-0.4, -0.2) is 0 Å². The first-order valence-corrected chi connectivity index (χ1v) is 5.64. The highest BCUT2D eigenvalue weighted by atomic mass is 14.2. The molecule has 0 saturated carbocycles. The van der Waals surface area contributed by atoms with Crippen LogP contribution in [0.5, 0.6) is 0 Å². The van der Waals surface area contributed by atoms with Gasteiger partial charge in [-0.25, -0.2) is 0 Å². The van der Waals surface area contributed by atoms with Crippen molar-refractivity contribution in [2.75, 3.05) is 0 Å². The second kappa shape index (κ2) is 4.65. The van der Waals surface area contributed by atoms with Crippen LogP contribution in [0.1, 0.15) is 43.9 Å². The summed E-state index contributed by atoms with van der Waals surface area (Å²) >= 11 is 0. The van der Waals surface area contributed by atoms with Crippen molar-refractivity contribution in [3.8, 4) is 0 Å². The zero-order valence-electron chi connectivity index (χ0n) is 10.4. The maximum Gasteiger partial charge on any atom is -0.0260 e. The van der Waals surface area contributed by atoms with Crippen LogP contribution in [0.3, 0.4) is 0 Å². The number of rotatable bonds is 3.